The van der Waals surface area contributed by atoms with Crippen LogP contribution in [-0.2, 0) is 4.79 Å². The fourth-order valence-corrected chi connectivity index (χ4v) is 2.16. The third-order valence-corrected chi connectivity index (χ3v) is 3.55. The largest absolute Gasteiger partial charge is 0.372 e. The third kappa shape index (κ3) is 4.85. The van der Waals surface area contributed by atoms with Crippen LogP contribution in [0.2, 0.25) is 0 Å². The second-order valence-electron chi connectivity index (χ2n) is 5.04. The van der Waals surface area contributed by atoms with E-state index in [2.05, 4.69) is 24.1 Å². The van der Waals surface area contributed by atoms with E-state index in [-0.39, 0.29) is 11.8 Å². The minimum absolute atomic E-state index is 0.000934. The van der Waals surface area contributed by atoms with Crippen LogP contribution < -0.4 is 16.0 Å². The Morgan fingerprint density at radius 3 is 2.35 bits per heavy atom. The lowest BCUT2D eigenvalue weighted by Gasteiger charge is -2.21. The van der Waals surface area contributed by atoms with E-state index in [4.69, 9.17) is 5.73 Å². The summed E-state index contributed by atoms with van der Waals surface area (Å²) < 4.78 is 0. The summed E-state index contributed by atoms with van der Waals surface area (Å²) in [5, 5.41) is 2.95. The molecule has 0 aliphatic carbocycles. The number of nitrogens with zero attached hydrogens (tertiary/aromatic N) is 1. The lowest BCUT2D eigenvalue weighted by atomic mass is 10.0. The van der Waals surface area contributed by atoms with Gasteiger partial charge in [-0.25, -0.2) is 0 Å². The van der Waals surface area contributed by atoms with Crippen LogP contribution in [0.4, 0.5) is 11.4 Å². The van der Waals surface area contributed by atoms with E-state index in [0.717, 1.165) is 31.6 Å². The van der Waals surface area contributed by atoms with Crippen LogP contribution in [0.15, 0.2) is 24.3 Å². The smallest absolute Gasteiger partial charge is 0.227 e. The van der Waals surface area contributed by atoms with Gasteiger partial charge in [-0.2, -0.15) is 0 Å². The van der Waals surface area contributed by atoms with E-state index in [1.54, 1.807) is 0 Å². The predicted molar refractivity (Wildman–Crippen MR) is 86.1 cm³/mol. The lowest BCUT2D eigenvalue weighted by molar-refractivity contribution is -0.119. The first-order chi connectivity index (χ1) is 9.62. The Balaban J connectivity index is 2.58. The van der Waals surface area contributed by atoms with Gasteiger partial charge in [-0.05, 0) is 57.5 Å². The molecule has 1 atom stereocenters. The summed E-state index contributed by atoms with van der Waals surface area (Å²) in [4.78, 5) is 14.3. The maximum Gasteiger partial charge on any atom is 0.227 e. The molecule has 4 nitrogen and oxygen atoms in total. The van der Waals surface area contributed by atoms with Gasteiger partial charge >= 0.3 is 0 Å². The second kappa shape index (κ2) is 8.59. The van der Waals surface area contributed by atoms with Gasteiger partial charge in [-0.3, -0.25) is 4.79 Å². The van der Waals surface area contributed by atoms with E-state index in [9.17, 15) is 4.79 Å². The van der Waals surface area contributed by atoms with Crippen LogP contribution in [0.3, 0.4) is 0 Å². The zero-order chi connectivity index (χ0) is 15.0. The molecule has 0 fully saturated rings. The van der Waals surface area contributed by atoms with Gasteiger partial charge in [0, 0.05) is 30.4 Å². The first-order valence-electron chi connectivity index (χ1n) is 7.48. The van der Waals surface area contributed by atoms with Crippen LogP contribution in [0, 0.1) is 5.92 Å². The SMILES string of the molecule is CCN(CC)c1ccc(NC(=O)C(C)CCCN)cc1. The summed E-state index contributed by atoms with van der Waals surface area (Å²) in [5.41, 5.74) is 7.50. The molecule has 0 bridgehead atoms. The highest BCUT2D eigenvalue weighted by Crippen LogP contribution is 2.18. The molecule has 0 saturated carbocycles. The number of carbonyl (C=O) groups excluding carboxylic acids is 1. The highest BCUT2D eigenvalue weighted by Gasteiger charge is 2.12. The number of rotatable bonds is 8. The predicted octanol–water partition coefficient (Wildman–Crippen LogP) is 2.85. The Labute approximate surface area is 122 Å². The van der Waals surface area contributed by atoms with Gasteiger partial charge in [0.25, 0.3) is 0 Å². The Morgan fingerprint density at radius 2 is 1.85 bits per heavy atom. The molecule has 0 aliphatic rings. The summed E-state index contributed by atoms with van der Waals surface area (Å²) in [6.07, 6.45) is 1.72. The summed E-state index contributed by atoms with van der Waals surface area (Å²) in [7, 11) is 0. The topological polar surface area (TPSA) is 58.4 Å². The quantitative estimate of drug-likeness (QED) is 0.768. The molecule has 0 spiro atoms. The number of carbonyl (C=O) groups is 1. The van der Waals surface area contributed by atoms with Crippen molar-refractivity contribution in [2.45, 2.75) is 33.6 Å². The first-order valence-corrected chi connectivity index (χ1v) is 7.48. The van der Waals surface area contributed by atoms with Crippen molar-refractivity contribution < 1.29 is 4.79 Å². The van der Waals surface area contributed by atoms with Crippen LogP contribution in [0.25, 0.3) is 0 Å². The molecule has 0 heterocycles. The van der Waals surface area contributed by atoms with Crippen LogP contribution in [-0.4, -0.2) is 25.5 Å². The van der Waals surface area contributed by atoms with E-state index in [0.29, 0.717) is 6.54 Å². The number of nitrogens with two attached hydrogens (primary N) is 1. The van der Waals surface area contributed by atoms with Crippen molar-refractivity contribution in [3.05, 3.63) is 24.3 Å². The second-order valence-corrected chi connectivity index (χ2v) is 5.04. The molecule has 1 amide bonds. The van der Waals surface area contributed by atoms with Gasteiger partial charge in [0.15, 0.2) is 0 Å². The molecule has 0 saturated heterocycles. The molecule has 3 N–H and O–H groups in total. The molecular formula is C16H27N3O. The first kappa shape index (κ1) is 16.5. The van der Waals surface area contributed by atoms with Gasteiger partial charge in [-0.1, -0.05) is 6.92 Å². The van der Waals surface area contributed by atoms with Crippen LogP contribution in [0.1, 0.15) is 33.6 Å². The van der Waals surface area contributed by atoms with Gasteiger partial charge in [0.2, 0.25) is 5.91 Å². The van der Waals surface area contributed by atoms with E-state index in [1.807, 2.05) is 31.2 Å². The summed E-state index contributed by atoms with van der Waals surface area (Å²) in [6, 6.07) is 8.02. The van der Waals surface area contributed by atoms with Crippen LogP contribution >= 0.6 is 0 Å². The Hall–Kier alpha value is -1.55. The zero-order valence-electron chi connectivity index (χ0n) is 12.9. The minimum Gasteiger partial charge on any atom is -0.372 e. The Bertz CT molecular complexity index is 399. The third-order valence-electron chi connectivity index (χ3n) is 3.55. The molecule has 0 aromatic heterocycles. The maximum atomic E-state index is 12.0. The van der Waals surface area contributed by atoms with E-state index < -0.39 is 0 Å². The molecule has 1 unspecified atom stereocenters. The fourth-order valence-electron chi connectivity index (χ4n) is 2.16. The summed E-state index contributed by atoms with van der Waals surface area (Å²) in [6.45, 7) is 8.82. The molecule has 1 rings (SSSR count). The van der Waals surface area contributed by atoms with E-state index >= 15 is 0 Å². The Morgan fingerprint density at radius 1 is 1.25 bits per heavy atom. The van der Waals surface area contributed by atoms with Gasteiger partial charge in [0.1, 0.15) is 0 Å². The maximum absolute atomic E-state index is 12.0. The molecule has 1 aromatic rings. The molecule has 1 aromatic carbocycles. The van der Waals surface area contributed by atoms with E-state index in [1.165, 1.54) is 5.69 Å². The number of hydrogen-bond acceptors (Lipinski definition) is 3. The van der Waals surface area contributed by atoms with Crippen molar-refractivity contribution in [1.82, 2.24) is 0 Å². The number of nitrogens with one attached hydrogen (secondary N) is 1. The molecule has 112 valence electrons. The van der Waals surface area contributed by atoms with Gasteiger partial charge < -0.3 is 16.0 Å². The number of anilines is 2. The van der Waals surface area contributed by atoms with Crippen molar-refractivity contribution in [2.75, 3.05) is 29.9 Å². The van der Waals surface area contributed by atoms with Crippen LogP contribution in [0.5, 0.6) is 0 Å². The fraction of sp³-hybridized carbons (Fsp3) is 0.562. The molecule has 0 aliphatic heterocycles. The average Bonchev–Trinajstić information content (AvgIpc) is 2.47. The summed E-state index contributed by atoms with van der Waals surface area (Å²) >= 11 is 0. The summed E-state index contributed by atoms with van der Waals surface area (Å²) in [5.74, 6) is 0.0649. The van der Waals surface area contributed by atoms with Gasteiger partial charge in [-0.15, -0.1) is 0 Å². The van der Waals surface area contributed by atoms with Crippen molar-refractivity contribution >= 4 is 17.3 Å². The van der Waals surface area contributed by atoms with Crippen molar-refractivity contribution in [1.29, 1.82) is 0 Å². The zero-order valence-corrected chi connectivity index (χ0v) is 12.9. The number of hydrogen-bond donors (Lipinski definition) is 2. The molecule has 4 heteroatoms. The number of amides is 1. The number of benzene rings is 1. The Kier molecular flexibility index (Phi) is 7.09. The minimum atomic E-state index is 0.000934. The van der Waals surface area contributed by atoms with Gasteiger partial charge in [0.05, 0.1) is 0 Å². The monoisotopic (exact) mass is 277 g/mol. The average molecular weight is 277 g/mol. The normalized spacial score (nSPS) is 12.0. The highest BCUT2D eigenvalue weighted by molar-refractivity contribution is 5.92. The highest BCUT2D eigenvalue weighted by atomic mass is 16.1. The molecule has 0 radical (unpaired) electrons. The van der Waals surface area contributed by atoms with Crippen molar-refractivity contribution in [3.63, 3.8) is 0 Å². The molecule has 20 heavy (non-hydrogen) atoms. The standard InChI is InChI=1S/C16H27N3O/c1-4-19(5-2)15-10-8-14(9-11-15)18-16(20)13(3)7-6-12-17/h8-11,13H,4-7,12,17H2,1-3H3,(H,18,20). The van der Waals surface area contributed by atoms with Crippen molar-refractivity contribution in [2.24, 2.45) is 11.7 Å². The molecular weight excluding hydrogens is 250 g/mol. The van der Waals surface area contributed by atoms with Crippen molar-refractivity contribution in [3.8, 4) is 0 Å². The lowest BCUT2D eigenvalue weighted by Crippen LogP contribution is -2.22.